The molecule has 0 saturated heterocycles. The van der Waals surface area contributed by atoms with Crippen molar-refractivity contribution in [3.63, 3.8) is 0 Å². The normalized spacial score (nSPS) is 35.0. The molecule has 0 aromatic carbocycles. The lowest BCUT2D eigenvalue weighted by atomic mass is 9.50. The highest BCUT2D eigenvalue weighted by Crippen LogP contribution is 2.48. The molecule has 0 spiro atoms. The van der Waals surface area contributed by atoms with Gasteiger partial charge in [-0.3, -0.25) is 0 Å². The third-order valence-electron chi connectivity index (χ3n) is 9.49. The quantitative estimate of drug-likeness (QED) is 0.261. The van der Waals surface area contributed by atoms with Crippen LogP contribution in [0.5, 0.6) is 0 Å². The van der Waals surface area contributed by atoms with Gasteiger partial charge in [0.25, 0.3) is 0 Å². The molecule has 0 nitrogen and oxygen atoms in total. The molecule has 162 valence electrons. The van der Waals surface area contributed by atoms with Gasteiger partial charge in [-0.05, 0) is 73.5 Å². The Bertz CT molecular complexity index is 418. The zero-order valence-corrected chi connectivity index (χ0v) is 19.9. The first-order valence-corrected chi connectivity index (χ1v) is 13.6. The number of rotatable bonds is 10. The third kappa shape index (κ3) is 6.04. The van der Waals surface area contributed by atoms with Crippen LogP contribution in [0.15, 0.2) is 0 Å². The fourth-order valence-corrected chi connectivity index (χ4v) is 8.03. The van der Waals surface area contributed by atoms with Crippen LogP contribution >= 0.6 is 0 Å². The topological polar surface area (TPSA) is 0 Å². The highest BCUT2D eigenvalue weighted by Gasteiger charge is 2.37. The molecule has 0 aromatic heterocycles. The van der Waals surface area contributed by atoms with Crippen LogP contribution in [0.1, 0.15) is 118 Å². The van der Waals surface area contributed by atoms with Crippen LogP contribution in [-0.4, -0.2) is 7.28 Å². The van der Waals surface area contributed by atoms with Gasteiger partial charge in [-0.1, -0.05) is 97.6 Å². The third-order valence-corrected chi connectivity index (χ3v) is 9.49. The van der Waals surface area contributed by atoms with Gasteiger partial charge in [0.1, 0.15) is 7.28 Å². The first kappa shape index (κ1) is 22.7. The summed E-state index contributed by atoms with van der Waals surface area (Å²) < 4.78 is 0. The SMILES string of the molecule is CCB[C@@H](C(C)CC1CC(C)C1)C(CC)CC1CCCC1C1CCCCCC1. The fourth-order valence-electron chi connectivity index (χ4n) is 8.03. The summed E-state index contributed by atoms with van der Waals surface area (Å²) in [5, 5.41) is 0. The van der Waals surface area contributed by atoms with Gasteiger partial charge in [0.2, 0.25) is 0 Å². The molecule has 1 heteroatoms. The molecule has 0 heterocycles. The zero-order valence-electron chi connectivity index (χ0n) is 19.9. The van der Waals surface area contributed by atoms with Crippen LogP contribution in [0, 0.1) is 41.4 Å². The Kier molecular flexibility index (Phi) is 9.30. The van der Waals surface area contributed by atoms with Crippen LogP contribution in [0.2, 0.25) is 12.1 Å². The van der Waals surface area contributed by atoms with Crippen molar-refractivity contribution in [2.24, 2.45) is 41.4 Å². The van der Waals surface area contributed by atoms with Crippen molar-refractivity contribution < 1.29 is 0 Å². The van der Waals surface area contributed by atoms with Crippen molar-refractivity contribution in [1.29, 1.82) is 0 Å². The van der Waals surface area contributed by atoms with Crippen LogP contribution < -0.4 is 0 Å². The van der Waals surface area contributed by atoms with Crippen molar-refractivity contribution in [3.8, 4) is 0 Å². The second kappa shape index (κ2) is 11.5. The molecule has 0 amide bonds. The number of hydrogen-bond acceptors (Lipinski definition) is 0. The molecule has 28 heavy (non-hydrogen) atoms. The van der Waals surface area contributed by atoms with Gasteiger partial charge < -0.3 is 0 Å². The summed E-state index contributed by atoms with van der Waals surface area (Å²) in [6.45, 7) is 10.0. The Hall–Kier alpha value is 0.0649. The van der Waals surface area contributed by atoms with Gasteiger partial charge in [0.05, 0.1) is 0 Å². The minimum absolute atomic E-state index is 0.958. The molecule has 5 atom stereocenters. The molecule has 4 unspecified atom stereocenters. The smallest absolute Gasteiger partial charge is 0.0800 e. The van der Waals surface area contributed by atoms with Gasteiger partial charge in [0.15, 0.2) is 0 Å². The Morgan fingerprint density at radius 3 is 2.18 bits per heavy atom. The molecule has 3 rings (SSSR count). The van der Waals surface area contributed by atoms with Gasteiger partial charge >= 0.3 is 0 Å². The van der Waals surface area contributed by atoms with E-state index in [1.54, 1.807) is 32.1 Å². The zero-order chi connectivity index (χ0) is 19.9. The van der Waals surface area contributed by atoms with Crippen molar-refractivity contribution >= 4 is 7.28 Å². The van der Waals surface area contributed by atoms with E-state index < -0.39 is 0 Å². The Morgan fingerprint density at radius 2 is 1.57 bits per heavy atom. The maximum Gasteiger partial charge on any atom is 0.124 e. The highest BCUT2D eigenvalue weighted by atomic mass is 14.4. The second-order valence-corrected chi connectivity index (χ2v) is 11.6. The molecule has 0 aliphatic heterocycles. The van der Waals surface area contributed by atoms with E-state index in [1.807, 2.05) is 0 Å². The molecule has 3 aliphatic carbocycles. The molecule has 0 aromatic rings. The minimum atomic E-state index is 0.958. The summed E-state index contributed by atoms with van der Waals surface area (Å²) in [5.74, 6) is 8.30. The highest BCUT2D eigenvalue weighted by molar-refractivity contribution is 6.37. The maximum absolute atomic E-state index is 2.63. The van der Waals surface area contributed by atoms with Crippen LogP contribution in [-0.2, 0) is 0 Å². The Labute approximate surface area is 178 Å². The van der Waals surface area contributed by atoms with Crippen LogP contribution in [0.4, 0.5) is 0 Å². The molecule has 3 saturated carbocycles. The molecule has 0 bridgehead atoms. The van der Waals surface area contributed by atoms with Crippen LogP contribution in [0.3, 0.4) is 0 Å². The summed E-state index contributed by atoms with van der Waals surface area (Å²) in [7, 11) is 1.49. The van der Waals surface area contributed by atoms with E-state index in [-0.39, 0.29) is 0 Å². The van der Waals surface area contributed by atoms with Gasteiger partial charge in [-0.2, -0.15) is 0 Å². The summed E-state index contributed by atoms with van der Waals surface area (Å²) in [5.41, 5.74) is 0. The van der Waals surface area contributed by atoms with E-state index in [9.17, 15) is 0 Å². The summed E-state index contributed by atoms with van der Waals surface area (Å²) in [6, 6.07) is 0. The lowest BCUT2D eigenvalue weighted by Gasteiger charge is -2.40. The Balaban J connectivity index is 1.59. The molecular formula is C27H51B. The summed E-state index contributed by atoms with van der Waals surface area (Å²) in [6.07, 6.45) is 22.9. The summed E-state index contributed by atoms with van der Waals surface area (Å²) in [4.78, 5) is 0. The largest absolute Gasteiger partial charge is 0.124 e. The van der Waals surface area contributed by atoms with E-state index >= 15 is 0 Å². The molecule has 3 fully saturated rings. The van der Waals surface area contributed by atoms with Gasteiger partial charge in [-0.15, -0.1) is 0 Å². The van der Waals surface area contributed by atoms with E-state index in [2.05, 4.69) is 27.7 Å². The lowest BCUT2D eigenvalue weighted by molar-refractivity contribution is 0.155. The van der Waals surface area contributed by atoms with E-state index in [1.165, 1.54) is 71.4 Å². The fraction of sp³-hybridized carbons (Fsp3) is 1.00. The molecular weight excluding hydrogens is 335 g/mol. The lowest BCUT2D eigenvalue weighted by Crippen LogP contribution is -2.30. The standard InChI is InChI=1S/C27H51B/c1-5-23(27(28-6-2)21(4)18-22-16-20(3)17-22)19-25-14-11-15-26(25)24-12-9-7-8-10-13-24/h20-28H,5-19H2,1-4H3/t20?,21?,22?,23?,25?,26?,27-/m0/s1. The van der Waals surface area contributed by atoms with Gasteiger partial charge in [-0.25, -0.2) is 0 Å². The van der Waals surface area contributed by atoms with E-state index in [0.29, 0.717) is 0 Å². The predicted molar refractivity (Wildman–Crippen MR) is 127 cm³/mol. The summed E-state index contributed by atoms with van der Waals surface area (Å²) >= 11 is 0. The number of hydrogen-bond donors (Lipinski definition) is 0. The van der Waals surface area contributed by atoms with Crippen LogP contribution in [0.25, 0.3) is 0 Å². The van der Waals surface area contributed by atoms with Gasteiger partial charge in [0, 0.05) is 0 Å². The van der Waals surface area contributed by atoms with E-state index in [4.69, 9.17) is 0 Å². The average molecular weight is 387 g/mol. The Morgan fingerprint density at radius 1 is 0.857 bits per heavy atom. The molecule has 0 N–H and O–H groups in total. The monoisotopic (exact) mass is 386 g/mol. The van der Waals surface area contributed by atoms with E-state index in [0.717, 1.165) is 47.2 Å². The predicted octanol–water partition coefficient (Wildman–Crippen LogP) is 8.52. The van der Waals surface area contributed by atoms with Crippen molar-refractivity contribution in [2.75, 3.05) is 0 Å². The van der Waals surface area contributed by atoms with Crippen molar-refractivity contribution in [2.45, 2.75) is 130 Å². The molecule has 3 aliphatic rings. The van der Waals surface area contributed by atoms with Crippen molar-refractivity contribution in [3.05, 3.63) is 0 Å². The first-order chi connectivity index (χ1) is 13.6. The second-order valence-electron chi connectivity index (χ2n) is 11.6. The molecule has 0 radical (unpaired) electrons. The maximum atomic E-state index is 2.63. The first-order valence-electron chi connectivity index (χ1n) is 13.6. The van der Waals surface area contributed by atoms with Crippen molar-refractivity contribution in [1.82, 2.24) is 0 Å². The average Bonchev–Trinajstić information content (AvgIpc) is 2.95. The minimum Gasteiger partial charge on any atom is -0.0800 e.